The van der Waals surface area contributed by atoms with Crippen molar-refractivity contribution in [2.45, 2.75) is 90.3 Å². The number of carbonyl (C=O) groups is 1. The van der Waals surface area contributed by atoms with Gasteiger partial charge in [0.25, 0.3) is 0 Å². The third-order valence-electron chi connectivity index (χ3n) is 7.61. The number of rotatable bonds is 7. The number of hydrogen-bond acceptors (Lipinski definition) is 8. The Bertz CT molecular complexity index is 842. The van der Waals surface area contributed by atoms with Gasteiger partial charge in [0.05, 0.1) is 18.2 Å². The summed E-state index contributed by atoms with van der Waals surface area (Å²) in [6.45, 7) is 13.6. The van der Waals surface area contributed by atoms with Crippen LogP contribution in [0.2, 0.25) is 0 Å². The summed E-state index contributed by atoms with van der Waals surface area (Å²) < 4.78 is 13.3. The van der Waals surface area contributed by atoms with Gasteiger partial charge in [0, 0.05) is 31.7 Å². The van der Waals surface area contributed by atoms with E-state index in [-0.39, 0.29) is 35.1 Å². The lowest BCUT2D eigenvalue weighted by atomic mass is 9.56. The molecule has 1 saturated carbocycles. The van der Waals surface area contributed by atoms with E-state index in [1.807, 2.05) is 25.5 Å². The van der Waals surface area contributed by atoms with Gasteiger partial charge in [-0.2, -0.15) is 0 Å². The second-order valence-electron chi connectivity index (χ2n) is 12.4. The van der Waals surface area contributed by atoms with Gasteiger partial charge >= 0.3 is 6.09 Å². The fourth-order valence-corrected chi connectivity index (χ4v) is 5.61. The minimum atomic E-state index is -0.496. The molecule has 10 nitrogen and oxygen atoms in total. The highest BCUT2D eigenvalue weighted by Crippen LogP contribution is 2.57. The zero-order valence-corrected chi connectivity index (χ0v) is 21.5. The van der Waals surface area contributed by atoms with E-state index in [2.05, 4.69) is 34.7 Å². The van der Waals surface area contributed by atoms with Crippen LogP contribution >= 0.6 is 0 Å². The molecule has 2 aliphatic heterocycles. The maximum absolute atomic E-state index is 12.5. The molecule has 1 aliphatic carbocycles. The molecule has 1 aromatic heterocycles. The Labute approximate surface area is 202 Å². The Kier molecular flexibility index (Phi) is 6.96. The highest BCUT2D eigenvalue weighted by molar-refractivity contribution is 5.68. The van der Waals surface area contributed by atoms with Crippen molar-refractivity contribution in [3.8, 4) is 0 Å². The van der Waals surface area contributed by atoms with E-state index < -0.39 is 5.60 Å². The third kappa shape index (κ3) is 5.39. The minimum Gasteiger partial charge on any atom is -0.444 e. The Hall–Kier alpha value is -1.78. The average Bonchev–Trinajstić information content (AvgIpc) is 3.42. The zero-order valence-electron chi connectivity index (χ0n) is 21.5. The molecule has 0 unspecified atom stereocenters. The normalized spacial score (nSPS) is 28.4. The summed E-state index contributed by atoms with van der Waals surface area (Å²) >= 11 is 0. The SMILES string of the molecule is CC(C)(CO)CCNC1(c2nnnn2C2CCN(C(=O)OC(C)(C)C)CC2)CC2(CCOC2)C1. The number of hydrogen-bond donors (Lipinski definition) is 2. The van der Waals surface area contributed by atoms with Crippen LogP contribution in [0, 0.1) is 10.8 Å². The molecule has 0 atom stereocenters. The highest BCUT2D eigenvalue weighted by atomic mass is 16.6. The van der Waals surface area contributed by atoms with Crippen LogP contribution in [0.25, 0.3) is 0 Å². The lowest BCUT2D eigenvalue weighted by molar-refractivity contribution is -0.0227. The van der Waals surface area contributed by atoms with Gasteiger partial charge < -0.3 is 24.8 Å². The molecule has 0 radical (unpaired) electrons. The van der Waals surface area contributed by atoms with Crippen LogP contribution in [0.4, 0.5) is 4.79 Å². The smallest absolute Gasteiger partial charge is 0.410 e. The van der Waals surface area contributed by atoms with Gasteiger partial charge in [-0.15, -0.1) is 5.10 Å². The first-order chi connectivity index (χ1) is 16.0. The number of aliphatic hydroxyl groups excluding tert-OH is 1. The van der Waals surface area contributed by atoms with Crippen LogP contribution in [0.3, 0.4) is 0 Å². The molecule has 3 heterocycles. The van der Waals surface area contributed by atoms with Crippen LogP contribution in [0.15, 0.2) is 0 Å². The van der Waals surface area contributed by atoms with Crippen LogP contribution in [-0.4, -0.2) is 81.4 Å². The summed E-state index contributed by atoms with van der Waals surface area (Å²) in [6, 6.07) is 0.146. The Morgan fingerprint density at radius 2 is 1.94 bits per heavy atom. The highest BCUT2D eigenvalue weighted by Gasteiger charge is 2.59. The van der Waals surface area contributed by atoms with Gasteiger partial charge in [-0.1, -0.05) is 13.8 Å². The summed E-state index contributed by atoms with van der Waals surface area (Å²) in [4.78, 5) is 14.3. The summed E-state index contributed by atoms with van der Waals surface area (Å²) in [5, 5.41) is 26.5. The molecule has 1 aromatic rings. The number of nitrogens with one attached hydrogen (secondary N) is 1. The van der Waals surface area contributed by atoms with Gasteiger partial charge in [-0.3, -0.25) is 0 Å². The molecule has 3 aliphatic rings. The predicted molar refractivity (Wildman–Crippen MR) is 126 cm³/mol. The first-order valence-electron chi connectivity index (χ1n) is 12.7. The molecule has 1 spiro atoms. The second-order valence-corrected chi connectivity index (χ2v) is 12.4. The number of aliphatic hydroxyl groups is 1. The van der Waals surface area contributed by atoms with Gasteiger partial charge in [-0.25, -0.2) is 9.48 Å². The molecule has 0 aromatic carbocycles. The van der Waals surface area contributed by atoms with Crippen molar-refractivity contribution < 1.29 is 19.4 Å². The molecule has 2 saturated heterocycles. The number of likely N-dealkylation sites (tertiary alicyclic amines) is 1. The van der Waals surface area contributed by atoms with E-state index in [1.54, 1.807) is 4.90 Å². The van der Waals surface area contributed by atoms with Crippen LogP contribution in [-0.2, 0) is 15.0 Å². The first kappa shape index (κ1) is 25.3. The van der Waals surface area contributed by atoms with Crippen molar-refractivity contribution in [1.82, 2.24) is 30.4 Å². The monoisotopic (exact) mass is 478 g/mol. The van der Waals surface area contributed by atoms with Crippen LogP contribution < -0.4 is 5.32 Å². The number of aromatic nitrogens is 4. The average molecular weight is 479 g/mol. The van der Waals surface area contributed by atoms with Crippen molar-refractivity contribution in [1.29, 1.82) is 0 Å². The maximum atomic E-state index is 12.5. The summed E-state index contributed by atoms with van der Waals surface area (Å²) in [5.74, 6) is 0.891. The quantitative estimate of drug-likeness (QED) is 0.615. The molecule has 3 fully saturated rings. The van der Waals surface area contributed by atoms with Gasteiger partial charge in [0.2, 0.25) is 0 Å². The number of nitrogens with zero attached hydrogens (tertiary/aromatic N) is 5. The van der Waals surface area contributed by atoms with Crippen molar-refractivity contribution in [2.24, 2.45) is 10.8 Å². The number of piperidine rings is 1. The summed E-state index contributed by atoms with van der Waals surface area (Å²) in [5.41, 5.74) is -0.711. The van der Waals surface area contributed by atoms with Gasteiger partial charge in [0.15, 0.2) is 5.82 Å². The number of tetrazole rings is 1. The standard InChI is InChI=1S/C24H42N6O4/c1-21(2,3)34-20(32)29-11-6-18(7-12-29)30-19(26-27-28-30)24(25-10-8-22(4,5)16-31)14-23(15-24)9-13-33-17-23/h18,25,31H,6-17H2,1-5H3. The topological polar surface area (TPSA) is 115 Å². The Balaban J connectivity index is 1.45. The number of amides is 1. The minimum absolute atomic E-state index is 0.132. The second kappa shape index (κ2) is 9.35. The van der Waals surface area contributed by atoms with Crippen molar-refractivity contribution >= 4 is 6.09 Å². The fraction of sp³-hybridized carbons (Fsp3) is 0.917. The van der Waals surface area contributed by atoms with Crippen molar-refractivity contribution in [3.63, 3.8) is 0 Å². The summed E-state index contributed by atoms with van der Waals surface area (Å²) in [6.07, 6.45) is 5.18. The van der Waals surface area contributed by atoms with E-state index in [9.17, 15) is 9.90 Å². The van der Waals surface area contributed by atoms with Crippen LogP contribution in [0.1, 0.15) is 85.0 Å². The molecule has 0 bridgehead atoms. The number of carbonyl (C=O) groups excluding carboxylic acids is 1. The first-order valence-corrected chi connectivity index (χ1v) is 12.7. The molecule has 1 amide bonds. The van der Waals surface area contributed by atoms with E-state index in [1.165, 1.54) is 0 Å². The lowest BCUT2D eigenvalue weighted by Crippen LogP contribution is -2.60. The molecule has 4 rings (SSSR count). The van der Waals surface area contributed by atoms with E-state index in [4.69, 9.17) is 9.47 Å². The third-order valence-corrected chi connectivity index (χ3v) is 7.61. The Morgan fingerprint density at radius 1 is 1.24 bits per heavy atom. The van der Waals surface area contributed by atoms with Crippen molar-refractivity contribution in [3.05, 3.63) is 5.82 Å². The molecular formula is C24H42N6O4. The molecule has 2 N–H and O–H groups in total. The number of ether oxygens (including phenoxy) is 2. The van der Waals surface area contributed by atoms with E-state index >= 15 is 0 Å². The van der Waals surface area contributed by atoms with E-state index in [0.29, 0.717) is 13.1 Å². The Morgan fingerprint density at radius 3 is 2.53 bits per heavy atom. The predicted octanol–water partition coefficient (Wildman–Crippen LogP) is 2.64. The molecule has 10 heteroatoms. The largest absolute Gasteiger partial charge is 0.444 e. The zero-order chi connectivity index (χ0) is 24.6. The fourth-order valence-electron chi connectivity index (χ4n) is 5.61. The molecule has 34 heavy (non-hydrogen) atoms. The maximum Gasteiger partial charge on any atom is 0.410 e. The molecule has 192 valence electrons. The van der Waals surface area contributed by atoms with E-state index in [0.717, 1.165) is 64.1 Å². The lowest BCUT2D eigenvalue weighted by Gasteiger charge is -2.54. The van der Waals surface area contributed by atoms with Gasteiger partial charge in [-0.05, 0) is 81.7 Å². The van der Waals surface area contributed by atoms with Crippen LogP contribution in [0.5, 0.6) is 0 Å². The van der Waals surface area contributed by atoms with Crippen molar-refractivity contribution in [2.75, 3.05) is 39.5 Å². The van der Waals surface area contributed by atoms with Gasteiger partial charge in [0.1, 0.15) is 5.60 Å². The molecular weight excluding hydrogens is 436 g/mol. The summed E-state index contributed by atoms with van der Waals surface area (Å²) in [7, 11) is 0.